The number of hydrogen-bond donors (Lipinski definition) is 0. The zero-order chi connectivity index (χ0) is 7.52. The highest BCUT2D eigenvalue weighted by molar-refractivity contribution is 7.94. The summed E-state index contributed by atoms with van der Waals surface area (Å²) in [7, 11) is 0. The van der Waals surface area contributed by atoms with Crippen molar-refractivity contribution in [2.75, 3.05) is 6.61 Å². The minimum atomic E-state index is 0.643. The van der Waals surface area contributed by atoms with Gasteiger partial charge in [0.25, 0.3) is 0 Å². The molecule has 1 aliphatic heterocycles. The van der Waals surface area contributed by atoms with E-state index >= 15 is 0 Å². The first kappa shape index (κ1) is 7.16. The first-order valence-electron chi connectivity index (χ1n) is 3.51. The maximum absolute atomic E-state index is 4.84. The van der Waals surface area contributed by atoms with Crippen LogP contribution in [0.2, 0.25) is 0 Å². The van der Waals surface area contributed by atoms with Gasteiger partial charge in [0.05, 0.1) is 18.6 Å². The molecule has 0 saturated carbocycles. The fourth-order valence-electron chi connectivity index (χ4n) is 1.04. The topological polar surface area (TPSA) is 18.5 Å². The molecule has 0 fully saturated rings. The van der Waals surface area contributed by atoms with Crippen molar-refractivity contribution in [1.29, 1.82) is 0 Å². The van der Waals surface area contributed by atoms with Gasteiger partial charge in [-0.2, -0.15) is 4.33 Å². The lowest BCUT2D eigenvalue weighted by Crippen LogP contribution is -1.92. The molecule has 0 spiro atoms. The van der Waals surface area contributed by atoms with Crippen molar-refractivity contribution in [3.05, 3.63) is 29.8 Å². The van der Waals surface area contributed by atoms with Crippen LogP contribution in [0.15, 0.2) is 29.2 Å². The number of hydrogen-bond acceptors (Lipinski definition) is 3. The Kier molecular flexibility index (Phi) is 2.12. The molecule has 0 N–H and O–H groups in total. The lowest BCUT2D eigenvalue weighted by Gasteiger charge is -1.98. The number of rotatable bonds is 0. The number of benzene rings is 1. The second-order valence-electron chi connectivity index (χ2n) is 2.33. The van der Waals surface area contributed by atoms with Crippen LogP contribution in [0.25, 0.3) is 0 Å². The molecule has 0 atom stereocenters. The molecular weight excluding hydrogens is 160 g/mol. The zero-order valence-electron chi connectivity index (χ0n) is 5.95. The Bertz CT molecular complexity index is 225. The number of fused-ring (bicyclic) bond motifs is 1. The average molecular weight is 168 g/mol. The van der Waals surface area contributed by atoms with Crippen LogP contribution in [-0.2, 0) is 15.6 Å². The van der Waals surface area contributed by atoms with Gasteiger partial charge in [0.15, 0.2) is 0 Å². The van der Waals surface area contributed by atoms with Crippen molar-refractivity contribution >= 4 is 12.0 Å². The first-order valence-corrected chi connectivity index (χ1v) is 4.25. The summed E-state index contributed by atoms with van der Waals surface area (Å²) < 4.78 is 4.84. The maximum atomic E-state index is 4.84. The molecule has 1 aromatic rings. The van der Waals surface area contributed by atoms with Crippen LogP contribution in [0.3, 0.4) is 0 Å². The maximum Gasteiger partial charge on any atom is 0.0875 e. The van der Waals surface area contributed by atoms with Crippen LogP contribution in [-0.4, -0.2) is 6.61 Å². The standard InChI is InChI=1S/C8H8O2S/c1-2-4-8-7(3-1)5-6-9-10-11-8/h1-4H,5-6H2. The summed E-state index contributed by atoms with van der Waals surface area (Å²) in [6.07, 6.45) is 0.934. The Balaban J connectivity index is 2.33. The van der Waals surface area contributed by atoms with Crippen molar-refractivity contribution in [3.8, 4) is 0 Å². The summed E-state index contributed by atoms with van der Waals surface area (Å²) in [5.41, 5.74) is 1.30. The molecule has 1 aromatic carbocycles. The van der Waals surface area contributed by atoms with Crippen LogP contribution in [0.4, 0.5) is 0 Å². The second-order valence-corrected chi connectivity index (χ2v) is 3.07. The molecular formula is C8H8O2S. The molecule has 2 nitrogen and oxygen atoms in total. The van der Waals surface area contributed by atoms with Gasteiger partial charge in [0.2, 0.25) is 0 Å². The molecule has 0 bridgehead atoms. The predicted octanol–water partition coefficient (Wildman–Crippen LogP) is 2.20. The quantitative estimate of drug-likeness (QED) is 0.437. The molecule has 0 saturated heterocycles. The predicted molar refractivity (Wildman–Crippen MR) is 43.0 cm³/mol. The van der Waals surface area contributed by atoms with Crippen molar-refractivity contribution in [3.63, 3.8) is 0 Å². The molecule has 1 aliphatic rings. The van der Waals surface area contributed by atoms with E-state index in [0.29, 0.717) is 6.61 Å². The van der Waals surface area contributed by atoms with E-state index in [0.717, 1.165) is 11.3 Å². The van der Waals surface area contributed by atoms with Gasteiger partial charge in [0, 0.05) is 11.3 Å². The van der Waals surface area contributed by atoms with E-state index in [2.05, 4.69) is 6.07 Å². The van der Waals surface area contributed by atoms with Crippen LogP contribution >= 0.6 is 12.0 Å². The Morgan fingerprint density at radius 2 is 2.18 bits per heavy atom. The fourth-order valence-corrected chi connectivity index (χ4v) is 1.64. The third-order valence-corrected chi connectivity index (χ3v) is 2.34. The van der Waals surface area contributed by atoms with Gasteiger partial charge in [-0.25, -0.2) is 4.89 Å². The average Bonchev–Trinajstić information content (AvgIpc) is 2.28. The molecule has 0 unspecified atom stereocenters. The minimum absolute atomic E-state index is 0.643. The first-order chi connectivity index (χ1) is 5.47. The van der Waals surface area contributed by atoms with Gasteiger partial charge in [0.1, 0.15) is 0 Å². The molecule has 2 rings (SSSR count). The van der Waals surface area contributed by atoms with E-state index in [-0.39, 0.29) is 0 Å². The Hall–Kier alpha value is -0.510. The largest absolute Gasteiger partial charge is 0.224 e. The summed E-state index contributed by atoms with van der Waals surface area (Å²) in [6, 6.07) is 8.17. The van der Waals surface area contributed by atoms with Gasteiger partial charge >= 0.3 is 0 Å². The summed E-state index contributed by atoms with van der Waals surface area (Å²) in [5.74, 6) is 0. The van der Waals surface area contributed by atoms with Gasteiger partial charge in [-0.1, -0.05) is 18.2 Å². The molecule has 0 aromatic heterocycles. The third-order valence-electron chi connectivity index (χ3n) is 1.60. The van der Waals surface area contributed by atoms with Crippen molar-refractivity contribution < 1.29 is 9.22 Å². The SMILES string of the molecule is c1ccc2c(c1)CCOOS2. The van der Waals surface area contributed by atoms with Gasteiger partial charge in [-0.05, 0) is 11.6 Å². The van der Waals surface area contributed by atoms with Gasteiger partial charge in [-0.15, -0.1) is 0 Å². The smallest absolute Gasteiger partial charge is 0.0875 e. The summed E-state index contributed by atoms with van der Waals surface area (Å²) in [6.45, 7) is 0.643. The Labute approximate surface area is 69.6 Å². The molecule has 0 aliphatic carbocycles. The molecule has 11 heavy (non-hydrogen) atoms. The Morgan fingerprint density at radius 1 is 1.27 bits per heavy atom. The van der Waals surface area contributed by atoms with E-state index in [1.54, 1.807) is 0 Å². The fraction of sp³-hybridized carbons (Fsp3) is 0.250. The van der Waals surface area contributed by atoms with Crippen LogP contribution < -0.4 is 0 Å². The van der Waals surface area contributed by atoms with Crippen LogP contribution in [0, 0.1) is 0 Å². The lowest BCUT2D eigenvalue weighted by molar-refractivity contribution is -0.187. The van der Waals surface area contributed by atoms with E-state index < -0.39 is 0 Å². The minimum Gasteiger partial charge on any atom is -0.224 e. The second kappa shape index (κ2) is 3.26. The molecule has 0 radical (unpaired) electrons. The molecule has 58 valence electrons. The molecule has 3 heteroatoms. The normalized spacial score (nSPS) is 17.1. The van der Waals surface area contributed by atoms with Gasteiger partial charge in [-0.3, -0.25) is 0 Å². The third kappa shape index (κ3) is 1.56. The molecule has 0 amide bonds. The summed E-state index contributed by atoms with van der Waals surface area (Å²) in [4.78, 5) is 6.00. The van der Waals surface area contributed by atoms with E-state index in [4.69, 9.17) is 9.22 Å². The summed E-state index contributed by atoms with van der Waals surface area (Å²) >= 11 is 1.29. The van der Waals surface area contributed by atoms with Crippen molar-refractivity contribution in [2.24, 2.45) is 0 Å². The van der Waals surface area contributed by atoms with E-state index in [1.807, 2.05) is 18.2 Å². The zero-order valence-corrected chi connectivity index (χ0v) is 6.76. The lowest BCUT2D eigenvalue weighted by atomic mass is 10.2. The highest BCUT2D eigenvalue weighted by Crippen LogP contribution is 2.26. The Morgan fingerprint density at radius 3 is 3.18 bits per heavy atom. The van der Waals surface area contributed by atoms with E-state index in [9.17, 15) is 0 Å². The highest BCUT2D eigenvalue weighted by Gasteiger charge is 2.07. The summed E-state index contributed by atoms with van der Waals surface area (Å²) in [5, 5.41) is 0. The van der Waals surface area contributed by atoms with Crippen molar-refractivity contribution in [2.45, 2.75) is 11.3 Å². The molecule has 1 heterocycles. The van der Waals surface area contributed by atoms with Crippen LogP contribution in [0.5, 0.6) is 0 Å². The van der Waals surface area contributed by atoms with Crippen LogP contribution in [0.1, 0.15) is 5.56 Å². The highest BCUT2D eigenvalue weighted by atomic mass is 32.2. The van der Waals surface area contributed by atoms with Gasteiger partial charge < -0.3 is 0 Å². The van der Waals surface area contributed by atoms with Crippen molar-refractivity contribution in [1.82, 2.24) is 0 Å². The van der Waals surface area contributed by atoms with E-state index in [1.165, 1.54) is 17.6 Å². The monoisotopic (exact) mass is 168 g/mol.